The first kappa shape index (κ1) is 13.3. The van der Waals surface area contributed by atoms with E-state index in [1.807, 2.05) is 19.1 Å². The molecule has 0 bridgehead atoms. The Bertz CT molecular complexity index is 787. The number of nitrogen functional groups attached to an aromatic ring is 1. The summed E-state index contributed by atoms with van der Waals surface area (Å²) in [7, 11) is 0. The Kier molecular flexibility index (Phi) is 3.41. The maximum atomic E-state index is 9.46. The lowest BCUT2D eigenvalue weighted by atomic mass is 10.3. The molecule has 0 fully saturated rings. The van der Waals surface area contributed by atoms with Crippen molar-refractivity contribution < 1.29 is 5.11 Å². The van der Waals surface area contributed by atoms with Gasteiger partial charge in [0, 0.05) is 18.0 Å². The maximum Gasteiger partial charge on any atom is 0.227 e. The third-order valence-corrected chi connectivity index (χ3v) is 3.81. The van der Waals surface area contributed by atoms with Crippen molar-refractivity contribution in [1.82, 2.24) is 15.0 Å². The Morgan fingerprint density at radius 1 is 1.24 bits per heavy atom. The minimum atomic E-state index is 0.183. The number of aromatic hydroxyl groups is 1. The zero-order valence-corrected chi connectivity index (χ0v) is 12.1. The second kappa shape index (κ2) is 5.37. The number of aromatic nitrogens is 3. The molecule has 6 nitrogen and oxygen atoms in total. The molecular formula is C14H13N5OS. The van der Waals surface area contributed by atoms with E-state index in [4.69, 9.17) is 5.73 Å². The van der Waals surface area contributed by atoms with Crippen molar-refractivity contribution in [3.8, 4) is 16.3 Å². The molecule has 0 saturated carbocycles. The molecule has 3 rings (SSSR count). The average molecular weight is 299 g/mol. The predicted octanol–water partition coefficient (Wildman–Crippen LogP) is 2.94. The highest BCUT2D eigenvalue weighted by Crippen LogP contribution is 2.30. The van der Waals surface area contributed by atoms with E-state index in [9.17, 15) is 5.11 Å². The minimum Gasteiger partial charge on any atom is -0.508 e. The van der Waals surface area contributed by atoms with Crippen molar-refractivity contribution in [3.63, 3.8) is 0 Å². The molecule has 4 N–H and O–H groups in total. The first-order valence-corrected chi connectivity index (χ1v) is 7.06. The normalized spacial score (nSPS) is 10.5. The SMILES string of the molecule is Cc1nc(N)sc1-c1ccnc(Nc2cccc(O)c2)n1. The van der Waals surface area contributed by atoms with Gasteiger partial charge in [-0.05, 0) is 25.1 Å². The van der Waals surface area contributed by atoms with Crippen LogP contribution >= 0.6 is 11.3 Å². The van der Waals surface area contributed by atoms with Gasteiger partial charge in [0.1, 0.15) is 5.75 Å². The Balaban J connectivity index is 1.92. The van der Waals surface area contributed by atoms with Crippen molar-refractivity contribution in [2.45, 2.75) is 6.92 Å². The van der Waals surface area contributed by atoms with Gasteiger partial charge in [-0.3, -0.25) is 0 Å². The summed E-state index contributed by atoms with van der Waals surface area (Å²) in [5.74, 6) is 0.631. The highest BCUT2D eigenvalue weighted by Gasteiger charge is 2.10. The molecular weight excluding hydrogens is 286 g/mol. The number of thiazole rings is 1. The third-order valence-electron chi connectivity index (χ3n) is 2.80. The van der Waals surface area contributed by atoms with Crippen LogP contribution in [0.4, 0.5) is 16.8 Å². The molecule has 0 radical (unpaired) electrons. The van der Waals surface area contributed by atoms with Crippen molar-refractivity contribution in [2.24, 2.45) is 0 Å². The molecule has 2 aromatic heterocycles. The van der Waals surface area contributed by atoms with Crippen LogP contribution in [-0.4, -0.2) is 20.1 Å². The Morgan fingerprint density at radius 3 is 2.81 bits per heavy atom. The van der Waals surface area contributed by atoms with E-state index in [-0.39, 0.29) is 5.75 Å². The van der Waals surface area contributed by atoms with Crippen molar-refractivity contribution in [3.05, 3.63) is 42.2 Å². The van der Waals surface area contributed by atoms with Crippen molar-refractivity contribution in [2.75, 3.05) is 11.1 Å². The van der Waals surface area contributed by atoms with Gasteiger partial charge in [-0.25, -0.2) is 15.0 Å². The van der Waals surface area contributed by atoms with E-state index in [0.717, 1.165) is 16.3 Å². The molecule has 0 unspecified atom stereocenters. The molecule has 0 spiro atoms. The summed E-state index contributed by atoms with van der Waals surface area (Å²) in [5, 5.41) is 13.0. The molecule has 0 saturated heterocycles. The van der Waals surface area contributed by atoms with E-state index in [0.29, 0.717) is 16.8 Å². The third kappa shape index (κ3) is 2.92. The summed E-state index contributed by atoms with van der Waals surface area (Å²) in [5.41, 5.74) is 8.04. The Labute approximate surface area is 125 Å². The number of phenols is 1. The number of nitrogens with one attached hydrogen (secondary N) is 1. The van der Waals surface area contributed by atoms with Crippen molar-refractivity contribution in [1.29, 1.82) is 0 Å². The lowest BCUT2D eigenvalue weighted by Gasteiger charge is -2.06. The Morgan fingerprint density at radius 2 is 2.10 bits per heavy atom. The second-order valence-corrected chi connectivity index (χ2v) is 5.44. The monoisotopic (exact) mass is 299 g/mol. The van der Waals surface area contributed by atoms with E-state index >= 15 is 0 Å². The second-order valence-electron chi connectivity index (χ2n) is 4.41. The molecule has 21 heavy (non-hydrogen) atoms. The van der Waals surface area contributed by atoms with E-state index in [2.05, 4.69) is 20.3 Å². The zero-order chi connectivity index (χ0) is 14.8. The largest absolute Gasteiger partial charge is 0.508 e. The fraction of sp³-hybridized carbons (Fsp3) is 0.0714. The van der Waals surface area contributed by atoms with Crippen LogP contribution in [0.15, 0.2) is 36.5 Å². The number of phenolic OH excluding ortho intramolecular Hbond substituents is 1. The van der Waals surface area contributed by atoms with E-state index in [1.165, 1.54) is 11.3 Å². The molecule has 0 aliphatic heterocycles. The standard InChI is InChI=1S/C14H13N5OS/c1-8-12(21-13(15)17-8)11-5-6-16-14(19-11)18-9-3-2-4-10(20)7-9/h2-7,20H,1H3,(H2,15,17)(H,16,18,19). The molecule has 0 aliphatic rings. The summed E-state index contributed by atoms with van der Waals surface area (Å²) < 4.78 is 0. The fourth-order valence-corrected chi connectivity index (χ4v) is 2.72. The van der Waals surface area contributed by atoms with Gasteiger partial charge in [-0.15, -0.1) is 0 Å². The number of anilines is 3. The van der Waals surface area contributed by atoms with Gasteiger partial charge < -0.3 is 16.2 Å². The lowest BCUT2D eigenvalue weighted by molar-refractivity contribution is 0.475. The maximum absolute atomic E-state index is 9.46. The van der Waals surface area contributed by atoms with Gasteiger partial charge in [0.05, 0.1) is 16.3 Å². The highest BCUT2D eigenvalue weighted by molar-refractivity contribution is 7.18. The smallest absolute Gasteiger partial charge is 0.227 e. The van der Waals surface area contributed by atoms with Crippen LogP contribution in [0.1, 0.15) is 5.69 Å². The molecule has 106 valence electrons. The summed E-state index contributed by atoms with van der Waals surface area (Å²) in [6.07, 6.45) is 1.67. The lowest BCUT2D eigenvalue weighted by Crippen LogP contribution is -1.97. The minimum absolute atomic E-state index is 0.183. The highest BCUT2D eigenvalue weighted by atomic mass is 32.1. The molecule has 0 aliphatic carbocycles. The van der Waals surface area contributed by atoms with Crippen LogP contribution in [-0.2, 0) is 0 Å². The number of rotatable bonds is 3. The van der Waals surface area contributed by atoms with Gasteiger partial charge in [0.15, 0.2) is 5.13 Å². The Hall–Kier alpha value is -2.67. The predicted molar refractivity (Wildman–Crippen MR) is 83.7 cm³/mol. The first-order valence-electron chi connectivity index (χ1n) is 6.24. The van der Waals surface area contributed by atoms with E-state index < -0.39 is 0 Å². The van der Waals surface area contributed by atoms with Gasteiger partial charge in [0.2, 0.25) is 5.95 Å². The van der Waals surface area contributed by atoms with Gasteiger partial charge in [-0.1, -0.05) is 17.4 Å². The van der Waals surface area contributed by atoms with Gasteiger partial charge in [0.25, 0.3) is 0 Å². The molecule has 0 amide bonds. The van der Waals surface area contributed by atoms with E-state index in [1.54, 1.807) is 24.4 Å². The molecule has 7 heteroatoms. The first-order chi connectivity index (χ1) is 10.1. The number of aryl methyl sites for hydroxylation is 1. The number of nitrogens with two attached hydrogens (primary N) is 1. The number of nitrogens with zero attached hydrogens (tertiary/aromatic N) is 3. The van der Waals surface area contributed by atoms with Gasteiger partial charge >= 0.3 is 0 Å². The molecule has 0 atom stereocenters. The number of hydrogen-bond donors (Lipinski definition) is 3. The molecule has 1 aromatic carbocycles. The number of hydrogen-bond acceptors (Lipinski definition) is 7. The van der Waals surface area contributed by atoms with Crippen LogP contribution in [0.5, 0.6) is 5.75 Å². The summed E-state index contributed by atoms with van der Waals surface area (Å²) in [4.78, 5) is 13.7. The summed E-state index contributed by atoms with van der Waals surface area (Å²) >= 11 is 1.39. The van der Waals surface area contributed by atoms with Gasteiger partial charge in [-0.2, -0.15) is 0 Å². The van der Waals surface area contributed by atoms with Crippen LogP contribution in [0.2, 0.25) is 0 Å². The summed E-state index contributed by atoms with van der Waals surface area (Å²) in [6, 6.07) is 8.59. The van der Waals surface area contributed by atoms with Crippen LogP contribution in [0.25, 0.3) is 10.6 Å². The van der Waals surface area contributed by atoms with Crippen LogP contribution < -0.4 is 11.1 Å². The topological polar surface area (TPSA) is 97.0 Å². The van der Waals surface area contributed by atoms with Crippen molar-refractivity contribution >= 4 is 28.1 Å². The van der Waals surface area contributed by atoms with Crippen LogP contribution in [0, 0.1) is 6.92 Å². The fourth-order valence-electron chi connectivity index (χ4n) is 1.91. The zero-order valence-electron chi connectivity index (χ0n) is 11.2. The van der Waals surface area contributed by atoms with Crippen LogP contribution in [0.3, 0.4) is 0 Å². The summed E-state index contributed by atoms with van der Waals surface area (Å²) in [6.45, 7) is 1.90. The quantitative estimate of drug-likeness (QED) is 0.688. The molecule has 2 heterocycles. The average Bonchev–Trinajstić information content (AvgIpc) is 2.78. The molecule has 3 aromatic rings. The number of benzene rings is 1.